The summed E-state index contributed by atoms with van der Waals surface area (Å²) in [5, 5.41) is 0.758. The molecule has 1 fully saturated rings. The van der Waals surface area contributed by atoms with E-state index in [-0.39, 0.29) is 17.2 Å². The normalized spacial score (nSPS) is 26.4. The number of aromatic nitrogens is 2. The first-order valence-electron chi connectivity index (χ1n) is 5.66. The zero-order chi connectivity index (χ0) is 13.3. The van der Waals surface area contributed by atoms with Gasteiger partial charge in [0, 0.05) is 18.4 Å². The van der Waals surface area contributed by atoms with Crippen molar-refractivity contribution < 1.29 is 13.2 Å². The van der Waals surface area contributed by atoms with Crippen LogP contribution in [0.15, 0.2) is 11.2 Å². The van der Waals surface area contributed by atoms with E-state index in [4.69, 9.17) is 4.74 Å². The maximum absolute atomic E-state index is 12.4. The Labute approximate surface area is 115 Å². The first kappa shape index (κ1) is 14.0. The average molecular weight is 338 g/mol. The quantitative estimate of drug-likeness (QED) is 0.831. The van der Waals surface area contributed by atoms with Crippen LogP contribution >= 0.6 is 15.9 Å². The Kier molecular flexibility index (Phi) is 4.10. The van der Waals surface area contributed by atoms with Crippen LogP contribution in [0.1, 0.15) is 12.7 Å². The van der Waals surface area contributed by atoms with Crippen molar-refractivity contribution in [1.82, 2.24) is 14.3 Å². The molecule has 1 aliphatic heterocycles. The van der Waals surface area contributed by atoms with Gasteiger partial charge in [-0.3, -0.25) is 0 Å². The van der Waals surface area contributed by atoms with E-state index in [0.29, 0.717) is 24.2 Å². The summed E-state index contributed by atoms with van der Waals surface area (Å²) in [6.07, 6.45) is 1.13. The number of hydrogen-bond donors (Lipinski definition) is 1. The molecule has 0 amide bonds. The van der Waals surface area contributed by atoms with E-state index in [9.17, 15) is 8.42 Å². The summed E-state index contributed by atoms with van der Waals surface area (Å²) in [5.41, 5.74) is 0. The zero-order valence-electron chi connectivity index (χ0n) is 10.3. The highest BCUT2D eigenvalue weighted by Crippen LogP contribution is 2.20. The molecule has 18 heavy (non-hydrogen) atoms. The van der Waals surface area contributed by atoms with Crippen LogP contribution in [0.5, 0.6) is 0 Å². The number of H-pyrrole nitrogens is 1. The second-order valence-corrected chi connectivity index (χ2v) is 6.93. The molecular formula is C10H16BrN3O3S. The predicted molar refractivity (Wildman–Crippen MR) is 70.2 cm³/mol. The van der Waals surface area contributed by atoms with E-state index < -0.39 is 10.0 Å². The summed E-state index contributed by atoms with van der Waals surface area (Å²) in [7, 11) is -3.50. The van der Waals surface area contributed by atoms with Crippen LogP contribution in [-0.4, -0.2) is 53.3 Å². The van der Waals surface area contributed by atoms with Gasteiger partial charge < -0.3 is 9.72 Å². The molecule has 0 radical (unpaired) electrons. The molecule has 0 aromatic carbocycles. The lowest BCUT2D eigenvalue weighted by Gasteiger charge is -2.34. The molecule has 1 saturated heterocycles. The molecule has 0 bridgehead atoms. The Morgan fingerprint density at radius 3 is 2.89 bits per heavy atom. The van der Waals surface area contributed by atoms with Gasteiger partial charge in [0.25, 0.3) is 10.0 Å². The van der Waals surface area contributed by atoms with Crippen molar-refractivity contribution in [2.75, 3.05) is 18.4 Å². The Hall–Kier alpha value is -0.440. The van der Waals surface area contributed by atoms with Crippen LogP contribution in [0.25, 0.3) is 0 Å². The number of hydrogen-bond acceptors (Lipinski definition) is 4. The number of nitrogens with zero attached hydrogens (tertiary/aromatic N) is 2. The number of alkyl halides is 1. The van der Waals surface area contributed by atoms with Gasteiger partial charge in [0.05, 0.1) is 18.4 Å². The molecule has 0 spiro atoms. The molecule has 1 N–H and O–H groups in total. The van der Waals surface area contributed by atoms with Gasteiger partial charge >= 0.3 is 0 Å². The molecule has 2 heterocycles. The van der Waals surface area contributed by atoms with E-state index in [1.165, 1.54) is 10.5 Å². The summed E-state index contributed by atoms with van der Waals surface area (Å²) in [5.74, 6) is 0.590. The number of morpholine rings is 1. The SMILES string of the molecule is Cc1ncc(S(=O)(=O)N2CC(C)OC(CBr)C2)[nH]1. The second-order valence-electron chi connectivity index (χ2n) is 4.38. The Morgan fingerprint density at radius 2 is 2.33 bits per heavy atom. The maximum atomic E-state index is 12.4. The molecular weight excluding hydrogens is 322 g/mol. The van der Waals surface area contributed by atoms with Crippen molar-refractivity contribution in [3.8, 4) is 0 Å². The molecule has 1 aromatic heterocycles. The van der Waals surface area contributed by atoms with Crippen LogP contribution in [0.2, 0.25) is 0 Å². The zero-order valence-corrected chi connectivity index (χ0v) is 12.7. The van der Waals surface area contributed by atoms with E-state index in [0.717, 1.165) is 0 Å². The van der Waals surface area contributed by atoms with Crippen LogP contribution in [-0.2, 0) is 14.8 Å². The number of imidazole rings is 1. The summed E-state index contributed by atoms with van der Waals surface area (Å²) in [6, 6.07) is 0. The Bertz CT molecular complexity index is 516. The highest BCUT2D eigenvalue weighted by Gasteiger charge is 2.34. The number of aromatic amines is 1. The van der Waals surface area contributed by atoms with Crippen LogP contribution in [0.4, 0.5) is 0 Å². The lowest BCUT2D eigenvalue weighted by molar-refractivity contribution is -0.0411. The largest absolute Gasteiger partial charge is 0.372 e. The number of halogens is 1. The number of ether oxygens (including phenoxy) is 1. The highest BCUT2D eigenvalue weighted by atomic mass is 79.9. The fourth-order valence-corrected chi connectivity index (χ4v) is 3.82. The van der Waals surface area contributed by atoms with Gasteiger partial charge in [-0.2, -0.15) is 4.31 Å². The van der Waals surface area contributed by atoms with Crippen molar-refractivity contribution in [3.05, 3.63) is 12.0 Å². The van der Waals surface area contributed by atoms with Gasteiger partial charge in [-0.05, 0) is 13.8 Å². The molecule has 8 heteroatoms. The number of rotatable bonds is 3. The van der Waals surface area contributed by atoms with Gasteiger partial charge in [-0.1, -0.05) is 15.9 Å². The van der Waals surface area contributed by atoms with Crippen LogP contribution in [0.3, 0.4) is 0 Å². The Morgan fingerprint density at radius 1 is 1.61 bits per heavy atom. The highest BCUT2D eigenvalue weighted by molar-refractivity contribution is 9.09. The number of nitrogens with one attached hydrogen (secondary N) is 1. The molecule has 1 aromatic rings. The summed E-state index contributed by atoms with van der Waals surface area (Å²) >= 11 is 3.33. The monoisotopic (exact) mass is 337 g/mol. The summed E-state index contributed by atoms with van der Waals surface area (Å²) < 4.78 is 31.9. The fraction of sp³-hybridized carbons (Fsp3) is 0.700. The molecule has 1 aliphatic rings. The van der Waals surface area contributed by atoms with Crippen molar-refractivity contribution in [2.24, 2.45) is 0 Å². The smallest absolute Gasteiger partial charge is 0.260 e. The third-order valence-corrected chi connectivity index (χ3v) is 5.23. The summed E-state index contributed by atoms with van der Waals surface area (Å²) in [4.78, 5) is 6.70. The van der Waals surface area contributed by atoms with E-state index in [2.05, 4.69) is 25.9 Å². The molecule has 6 nitrogen and oxygen atoms in total. The number of aryl methyl sites for hydroxylation is 1. The van der Waals surface area contributed by atoms with Gasteiger partial charge in [0.15, 0.2) is 5.03 Å². The molecule has 2 rings (SSSR count). The first-order valence-corrected chi connectivity index (χ1v) is 8.23. The minimum atomic E-state index is -3.50. The van der Waals surface area contributed by atoms with E-state index in [1.54, 1.807) is 6.92 Å². The van der Waals surface area contributed by atoms with Crippen molar-refractivity contribution in [1.29, 1.82) is 0 Å². The standard InChI is InChI=1S/C10H16BrN3O3S/c1-7-5-14(6-9(3-11)17-7)18(15,16)10-4-12-8(2)13-10/h4,7,9H,3,5-6H2,1-2H3,(H,12,13). The van der Waals surface area contributed by atoms with Gasteiger partial charge in [0.2, 0.25) is 0 Å². The summed E-state index contributed by atoms with van der Waals surface area (Å²) in [6.45, 7) is 4.32. The first-order chi connectivity index (χ1) is 8.43. The minimum Gasteiger partial charge on any atom is -0.372 e. The number of sulfonamides is 1. The maximum Gasteiger partial charge on any atom is 0.260 e. The van der Waals surface area contributed by atoms with Crippen molar-refractivity contribution >= 4 is 26.0 Å². The second kappa shape index (κ2) is 5.28. The third kappa shape index (κ3) is 2.76. The fourth-order valence-electron chi connectivity index (χ4n) is 1.95. The van der Waals surface area contributed by atoms with E-state index >= 15 is 0 Å². The van der Waals surface area contributed by atoms with Gasteiger partial charge in [-0.25, -0.2) is 13.4 Å². The van der Waals surface area contributed by atoms with Crippen molar-refractivity contribution in [2.45, 2.75) is 31.1 Å². The van der Waals surface area contributed by atoms with Crippen LogP contribution in [0, 0.1) is 6.92 Å². The average Bonchev–Trinajstić information content (AvgIpc) is 2.75. The molecule has 0 aliphatic carbocycles. The van der Waals surface area contributed by atoms with Crippen molar-refractivity contribution in [3.63, 3.8) is 0 Å². The minimum absolute atomic E-state index is 0.111. The lowest BCUT2D eigenvalue weighted by Crippen LogP contribution is -2.49. The molecule has 2 atom stereocenters. The predicted octanol–water partition coefficient (Wildman–Crippen LogP) is 0.891. The van der Waals surface area contributed by atoms with Gasteiger partial charge in [-0.15, -0.1) is 0 Å². The molecule has 2 unspecified atom stereocenters. The van der Waals surface area contributed by atoms with Crippen LogP contribution < -0.4 is 0 Å². The lowest BCUT2D eigenvalue weighted by atomic mass is 10.3. The topological polar surface area (TPSA) is 75.3 Å². The Balaban J connectivity index is 2.24. The third-order valence-electron chi connectivity index (χ3n) is 2.76. The molecule has 0 saturated carbocycles. The van der Waals surface area contributed by atoms with Gasteiger partial charge in [0.1, 0.15) is 5.82 Å². The van der Waals surface area contributed by atoms with E-state index in [1.807, 2.05) is 6.92 Å². The molecule has 102 valence electrons.